The summed E-state index contributed by atoms with van der Waals surface area (Å²) in [6.45, 7) is 6.90. The fraction of sp³-hybridized carbons (Fsp3) is 0.526. The van der Waals surface area contributed by atoms with Crippen molar-refractivity contribution in [2.45, 2.75) is 32.9 Å². The van der Waals surface area contributed by atoms with Crippen LogP contribution in [0.5, 0.6) is 11.5 Å². The molecule has 0 unspecified atom stereocenters. The molecular weight excluding hydrogens is 318 g/mol. The highest BCUT2D eigenvalue weighted by Crippen LogP contribution is 2.30. The fourth-order valence-electron chi connectivity index (χ4n) is 3.46. The van der Waals surface area contributed by atoms with Crippen molar-refractivity contribution in [2.24, 2.45) is 5.92 Å². The van der Waals surface area contributed by atoms with E-state index in [4.69, 9.17) is 9.47 Å². The second kappa shape index (κ2) is 7.89. The van der Waals surface area contributed by atoms with E-state index in [-0.39, 0.29) is 12.0 Å². The lowest BCUT2D eigenvalue weighted by Crippen LogP contribution is -2.21. The standard InChI is InChI=1S/C19H27N3O3/c1-4-25-18-6-5-14(8-19(18)24-3)10-22-11-15(17(23)12-22)9-16-7-13(2)20-21-16/h5-8,15,17,23H,4,9-12H2,1-3H3,(H,20,21)/t15-,17-/m1/s1. The number of β-amino-alcohol motifs (C(OH)–C–C–N with tert-alkyl or cyclic N) is 1. The van der Waals surface area contributed by atoms with Crippen LogP contribution in [0, 0.1) is 12.8 Å². The predicted molar refractivity (Wildman–Crippen MR) is 96.0 cm³/mol. The van der Waals surface area contributed by atoms with E-state index >= 15 is 0 Å². The number of ether oxygens (including phenoxy) is 2. The first kappa shape index (κ1) is 17.8. The predicted octanol–water partition coefficient (Wildman–Crippen LogP) is 2.16. The third-order valence-corrected chi connectivity index (χ3v) is 4.65. The Morgan fingerprint density at radius 1 is 1.28 bits per heavy atom. The number of rotatable bonds is 7. The van der Waals surface area contributed by atoms with E-state index in [1.807, 2.05) is 32.0 Å². The number of aromatic nitrogens is 2. The van der Waals surface area contributed by atoms with Gasteiger partial charge in [0.15, 0.2) is 11.5 Å². The Bertz CT molecular complexity index is 701. The Morgan fingerprint density at radius 2 is 2.12 bits per heavy atom. The Hall–Kier alpha value is -2.05. The lowest BCUT2D eigenvalue weighted by molar-refractivity contribution is 0.140. The van der Waals surface area contributed by atoms with E-state index in [0.29, 0.717) is 13.2 Å². The molecule has 1 aromatic carbocycles. The van der Waals surface area contributed by atoms with Crippen LogP contribution in [-0.2, 0) is 13.0 Å². The molecule has 136 valence electrons. The third-order valence-electron chi connectivity index (χ3n) is 4.65. The number of aromatic amines is 1. The first-order chi connectivity index (χ1) is 12.1. The lowest BCUT2D eigenvalue weighted by atomic mass is 10.0. The molecule has 0 aliphatic carbocycles. The average Bonchev–Trinajstić information content (AvgIpc) is 3.15. The van der Waals surface area contributed by atoms with Gasteiger partial charge in [0.25, 0.3) is 0 Å². The molecule has 3 rings (SSSR count). The lowest BCUT2D eigenvalue weighted by Gasteiger charge is -2.17. The van der Waals surface area contributed by atoms with Crippen molar-refractivity contribution in [1.82, 2.24) is 15.1 Å². The molecule has 1 saturated heterocycles. The SMILES string of the molecule is CCOc1ccc(CN2C[C@@H](Cc3cc(C)[nH]n3)[C@H](O)C2)cc1OC. The van der Waals surface area contributed by atoms with Crippen molar-refractivity contribution in [2.75, 3.05) is 26.8 Å². The van der Waals surface area contributed by atoms with Crippen LogP contribution in [0.2, 0.25) is 0 Å². The van der Waals surface area contributed by atoms with E-state index in [1.165, 1.54) is 0 Å². The van der Waals surface area contributed by atoms with Crippen LogP contribution >= 0.6 is 0 Å². The number of methoxy groups -OCH3 is 1. The number of benzene rings is 1. The van der Waals surface area contributed by atoms with E-state index in [1.54, 1.807) is 7.11 Å². The summed E-state index contributed by atoms with van der Waals surface area (Å²) in [5.41, 5.74) is 3.23. The second-order valence-electron chi connectivity index (χ2n) is 6.69. The molecule has 0 bridgehead atoms. The van der Waals surface area contributed by atoms with E-state index in [2.05, 4.69) is 21.2 Å². The van der Waals surface area contributed by atoms with Crippen molar-refractivity contribution in [3.05, 3.63) is 41.2 Å². The minimum absolute atomic E-state index is 0.215. The summed E-state index contributed by atoms with van der Waals surface area (Å²) in [5.74, 6) is 1.73. The summed E-state index contributed by atoms with van der Waals surface area (Å²) in [6.07, 6.45) is 0.482. The highest BCUT2D eigenvalue weighted by atomic mass is 16.5. The van der Waals surface area contributed by atoms with E-state index in [0.717, 1.165) is 48.0 Å². The van der Waals surface area contributed by atoms with Crippen molar-refractivity contribution in [3.8, 4) is 11.5 Å². The zero-order valence-electron chi connectivity index (χ0n) is 15.2. The van der Waals surface area contributed by atoms with Crippen molar-refractivity contribution >= 4 is 0 Å². The highest BCUT2D eigenvalue weighted by Gasteiger charge is 2.31. The smallest absolute Gasteiger partial charge is 0.161 e. The second-order valence-corrected chi connectivity index (χ2v) is 6.69. The molecule has 2 N–H and O–H groups in total. The number of hydrogen-bond donors (Lipinski definition) is 2. The minimum atomic E-state index is -0.318. The number of aliphatic hydroxyl groups excluding tert-OH is 1. The van der Waals surface area contributed by atoms with Gasteiger partial charge in [-0.05, 0) is 44.0 Å². The monoisotopic (exact) mass is 345 g/mol. The van der Waals surface area contributed by atoms with Crippen LogP contribution in [0.1, 0.15) is 23.9 Å². The summed E-state index contributed by atoms with van der Waals surface area (Å²) in [5, 5.41) is 17.6. The van der Waals surface area contributed by atoms with Crippen molar-refractivity contribution in [3.63, 3.8) is 0 Å². The van der Waals surface area contributed by atoms with E-state index < -0.39 is 0 Å². The van der Waals surface area contributed by atoms with Crippen molar-refractivity contribution in [1.29, 1.82) is 0 Å². The Balaban J connectivity index is 1.62. The summed E-state index contributed by atoms with van der Waals surface area (Å²) < 4.78 is 11.0. The van der Waals surface area contributed by atoms with Gasteiger partial charge < -0.3 is 14.6 Å². The average molecular weight is 345 g/mol. The molecule has 2 atom stereocenters. The molecule has 1 fully saturated rings. The fourth-order valence-corrected chi connectivity index (χ4v) is 3.46. The molecule has 0 radical (unpaired) electrons. The van der Waals surface area contributed by atoms with Crippen molar-refractivity contribution < 1.29 is 14.6 Å². The van der Waals surface area contributed by atoms with Crippen LogP contribution < -0.4 is 9.47 Å². The zero-order valence-corrected chi connectivity index (χ0v) is 15.2. The van der Waals surface area contributed by atoms with Gasteiger partial charge in [-0.1, -0.05) is 6.07 Å². The molecule has 0 amide bonds. The molecule has 6 nitrogen and oxygen atoms in total. The Labute approximate surface area is 148 Å². The Kier molecular flexibility index (Phi) is 5.60. The highest BCUT2D eigenvalue weighted by molar-refractivity contribution is 5.43. The van der Waals surface area contributed by atoms with Gasteiger partial charge in [-0.25, -0.2) is 0 Å². The van der Waals surface area contributed by atoms with Gasteiger partial charge >= 0.3 is 0 Å². The maximum Gasteiger partial charge on any atom is 0.161 e. The van der Waals surface area contributed by atoms with Crippen LogP contribution in [0.15, 0.2) is 24.3 Å². The molecular formula is C19H27N3O3. The van der Waals surface area contributed by atoms with Gasteiger partial charge in [0.2, 0.25) is 0 Å². The van der Waals surface area contributed by atoms with Crippen LogP contribution in [0.4, 0.5) is 0 Å². The number of aliphatic hydroxyl groups is 1. The van der Waals surface area contributed by atoms with Gasteiger partial charge in [-0.2, -0.15) is 5.10 Å². The Morgan fingerprint density at radius 3 is 2.80 bits per heavy atom. The molecule has 1 aromatic heterocycles. The number of nitrogens with one attached hydrogen (secondary N) is 1. The normalized spacial score (nSPS) is 20.8. The summed E-state index contributed by atoms with van der Waals surface area (Å²) >= 11 is 0. The summed E-state index contributed by atoms with van der Waals surface area (Å²) in [4.78, 5) is 2.28. The molecule has 1 aliphatic heterocycles. The number of H-pyrrole nitrogens is 1. The van der Waals surface area contributed by atoms with Gasteiger partial charge in [-0.15, -0.1) is 0 Å². The number of hydrogen-bond acceptors (Lipinski definition) is 5. The maximum atomic E-state index is 10.4. The van der Waals surface area contributed by atoms with Crippen LogP contribution in [0.3, 0.4) is 0 Å². The summed E-state index contributed by atoms with van der Waals surface area (Å²) in [7, 11) is 1.66. The molecule has 0 spiro atoms. The molecule has 25 heavy (non-hydrogen) atoms. The zero-order chi connectivity index (χ0) is 17.8. The topological polar surface area (TPSA) is 70.6 Å². The maximum absolute atomic E-state index is 10.4. The number of nitrogens with zero attached hydrogens (tertiary/aromatic N) is 2. The first-order valence-electron chi connectivity index (χ1n) is 8.80. The van der Waals surface area contributed by atoms with Crippen LogP contribution in [0.25, 0.3) is 0 Å². The van der Waals surface area contributed by atoms with Crippen LogP contribution in [-0.4, -0.2) is 53.1 Å². The molecule has 1 aliphatic rings. The van der Waals surface area contributed by atoms with Gasteiger partial charge in [0.05, 0.1) is 25.5 Å². The van der Waals surface area contributed by atoms with Gasteiger partial charge in [0.1, 0.15) is 0 Å². The number of aryl methyl sites for hydroxylation is 1. The molecule has 0 saturated carbocycles. The first-order valence-corrected chi connectivity index (χ1v) is 8.80. The summed E-state index contributed by atoms with van der Waals surface area (Å²) in [6, 6.07) is 8.08. The third kappa shape index (κ3) is 4.32. The van der Waals surface area contributed by atoms with E-state index in [9.17, 15) is 5.11 Å². The molecule has 2 aromatic rings. The van der Waals surface area contributed by atoms with Gasteiger partial charge in [-0.3, -0.25) is 10.00 Å². The minimum Gasteiger partial charge on any atom is -0.493 e. The number of likely N-dealkylation sites (tertiary alicyclic amines) is 1. The largest absolute Gasteiger partial charge is 0.493 e. The molecule has 2 heterocycles. The quantitative estimate of drug-likeness (QED) is 0.805. The van der Waals surface area contributed by atoms with Gasteiger partial charge in [0, 0.05) is 31.2 Å². The molecule has 6 heteroatoms.